The molecule has 3 fully saturated rings. The number of nitrogens with zero attached hydrogens (tertiary/aromatic N) is 1. The van der Waals surface area contributed by atoms with Crippen molar-refractivity contribution in [2.75, 3.05) is 39.1 Å². The second-order valence-electron chi connectivity index (χ2n) is 7.32. The fraction of sp³-hybridized carbons (Fsp3) is 0.318. The van der Waals surface area contributed by atoms with E-state index in [0.717, 1.165) is 35.8 Å². The normalized spacial score (nSPS) is 29.3. The Kier molecular flexibility index (Phi) is 5.93. The third-order valence-electron chi connectivity index (χ3n) is 5.55. The van der Waals surface area contributed by atoms with Crippen molar-refractivity contribution in [3.63, 3.8) is 0 Å². The van der Waals surface area contributed by atoms with Gasteiger partial charge in [0.15, 0.2) is 6.23 Å². The molecule has 2 aromatic rings. The molecule has 0 amide bonds. The number of esters is 1. The van der Waals surface area contributed by atoms with Gasteiger partial charge in [0.05, 0.1) is 13.2 Å². The highest BCUT2D eigenvalue weighted by atomic mass is 28.4. The van der Waals surface area contributed by atoms with Gasteiger partial charge in [-0.1, -0.05) is 55.1 Å². The quantitative estimate of drug-likeness (QED) is 0.327. The summed E-state index contributed by atoms with van der Waals surface area (Å²) in [5, 5.41) is 0. The molecule has 0 aliphatic carbocycles. The second kappa shape index (κ2) is 8.60. The Balaban J connectivity index is 1.70. The zero-order chi connectivity index (χ0) is 20.2. The summed E-state index contributed by atoms with van der Waals surface area (Å²) in [4.78, 5) is 11.7. The van der Waals surface area contributed by atoms with Crippen molar-refractivity contribution in [3.8, 4) is 0 Å². The highest BCUT2D eigenvalue weighted by Gasteiger charge is 2.52. The molecule has 1 atom stereocenters. The SMILES string of the molecule is C=CC(=O)OC[Si]12OCC[N+](c3ccccc3)(CCO1)CC(c1ccccc1)O2. The summed E-state index contributed by atoms with van der Waals surface area (Å²) in [6.07, 6.45) is 0.904. The average molecular weight is 413 g/mol. The first kappa shape index (κ1) is 20.0. The number of hydrogen-bond acceptors (Lipinski definition) is 5. The topological polar surface area (TPSA) is 54.0 Å². The van der Waals surface area contributed by atoms with Crippen LogP contribution in [-0.4, -0.2) is 53.9 Å². The van der Waals surface area contributed by atoms with Gasteiger partial charge in [-0.05, 0) is 17.7 Å². The first-order valence-corrected chi connectivity index (χ1v) is 11.8. The van der Waals surface area contributed by atoms with E-state index in [1.807, 2.05) is 24.3 Å². The fourth-order valence-electron chi connectivity index (χ4n) is 4.01. The molecule has 0 spiro atoms. The van der Waals surface area contributed by atoms with Crippen molar-refractivity contribution in [1.29, 1.82) is 0 Å². The fourth-order valence-corrected chi connectivity index (χ4v) is 6.23. The molecular formula is C22H26NO5Si+. The van der Waals surface area contributed by atoms with E-state index < -0.39 is 14.8 Å². The molecule has 0 radical (unpaired) electrons. The lowest BCUT2D eigenvalue weighted by Crippen LogP contribution is -2.65. The minimum atomic E-state index is -3.19. The van der Waals surface area contributed by atoms with Crippen LogP contribution in [0.25, 0.3) is 0 Å². The number of fused-ring (bicyclic) bond motifs is 6. The van der Waals surface area contributed by atoms with Crippen LogP contribution in [0.15, 0.2) is 73.3 Å². The number of hydrogen-bond donors (Lipinski definition) is 0. The van der Waals surface area contributed by atoms with E-state index in [-0.39, 0.29) is 12.3 Å². The molecule has 0 saturated carbocycles. The van der Waals surface area contributed by atoms with Gasteiger partial charge in [-0.25, -0.2) is 4.79 Å². The Morgan fingerprint density at radius 1 is 1.07 bits per heavy atom. The minimum absolute atomic E-state index is 0.00742. The molecule has 1 unspecified atom stereocenters. The van der Waals surface area contributed by atoms with E-state index in [0.29, 0.717) is 13.2 Å². The third kappa shape index (κ3) is 4.34. The summed E-state index contributed by atoms with van der Waals surface area (Å²) in [6.45, 7) is 6.80. The number of benzene rings is 2. The van der Waals surface area contributed by atoms with Crippen molar-refractivity contribution >= 4 is 20.5 Å². The zero-order valence-electron chi connectivity index (χ0n) is 16.4. The summed E-state index contributed by atoms with van der Waals surface area (Å²) < 4.78 is 25.0. The maximum atomic E-state index is 11.7. The van der Waals surface area contributed by atoms with Crippen LogP contribution in [0.5, 0.6) is 0 Å². The van der Waals surface area contributed by atoms with Gasteiger partial charge >= 0.3 is 14.8 Å². The van der Waals surface area contributed by atoms with E-state index in [4.69, 9.17) is 18.0 Å². The van der Waals surface area contributed by atoms with E-state index in [1.165, 1.54) is 5.69 Å². The molecule has 3 aliphatic heterocycles. The van der Waals surface area contributed by atoms with Crippen LogP contribution in [0.4, 0.5) is 5.69 Å². The number of quaternary nitrogens is 1. The van der Waals surface area contributed by atoms with E-state index in [9.17, 15) is 4.79 Å². The van der Waals surface area contributed by atoms with Crippen molar-refractivity contribution in [2.45, 2.75) is 6.10 Å². The van der Waals surface area contributed by atoms with Gasteiger partial charge in [0.2, 0.25) is 0 Å². The number of ether oxygens (including phenoxy) is 1. The van der Waals surface area contributed by atoms with E-state index in [2.05, 4.69) is 43.0 Å². The summed E-state index contributed by atoms with van der Waals surface area (Å²) in [7, 11) is -3.19. The maximum absolute atomic E-state index is 11.7. The minimum Gasteiger partial charge on any atom is -0.458 e. The summed E-state index contributed by atoms with van der Waals surface area (Å²) in [5.74, 6) is -0.502. The van der Waals surface area contributed by atoms with Crippen LogP contribution in [-0.2, 0) is 22.8 Å². The number of rotatable bonds is 5. The van der Waals surface area contributed by atoms with Crippen LogP contribution in [0.2, 0.25) is 0 Å². The van der Waals surface area contributed by atoms with Crippen LogP contribution < -0.4 is 4.48 Å². The predicted molar refractivity (Wildman–Crippen MR) is 112 cm³/mol. The molecule has 3 saturated heterocycles. The average Bonchev–Trinajstić information content (AvgIpc) is 2.73. The number of carbonyl (C=O) groups is 1. The van der Waals surface area contributed by atoms with Gasteiger partial charge in [-0.3, -0.25) is 4.48 Å². The van der Waals surface area contributed by atoms with Crippen molar-refractivity contribution in [2.24, 2.45) is 0 Å². The van der Waals surface area contributed by atoms with Crippen molar-refractivity contribution in [3.05, 3.63) is 78.9 Å². The van der Waals surface area contributed by atoms with Gasteiger partial charge in [0.25, 0.3) is 0 Å². The Morgan fingerprint density at radius 3 is 2.31 bits per heavy atom. The molecule has 0 aromatic heterocycles. The Labute approximate surface area is 172 Å². The first-order chi connectivity index (χ1) is 14.1. The summed E-state index contributed by atoms with van der Waals surface area (Å²) in [5.41, 5.74) is 2.28. The Bertz CT molecular complexity index is 835. The molecule has 2 aromatic carbocycles. The molecule has 3 heterocycles. The zero-order valence-corrected chi connectivity index (χ0v) is 17.4. The van der Waals surface area contributed by atoms with Gasteiger partial charge in [-0.15, -0.1) is 0 Å². The van der Waals surface area contributed by atoms with Gasteiger partial charge in [-0.2, -0.15) is 0 Å². The lowest BCUT2D eigenvalue weighted by Gasteiger charge is -2.47. The highest BCUT2D eigenvalue weighted by molar-refractivity contribution is 6.60. The molecule has 2 bridgehead atoms. The second-order valence-corrected chi connectivity index (χ2v) is 9.79. The van der Waals surface area contributed by atoms with Crippen molar-refractivity contribution < 1.29 is 22.8 Å². The molecule has 7 heteroatoms. The maximum Gasteiger partial charge on any atom is 0.541 e. The molecule has 6 nitrogen and oxygen atoms in total. The lowest BCUT2D eigenvalue weighted by atomic mass is 10.1. The molecule has 5 rings (SSSR count). The molecular weight excluding hydrogens is 386 g/mol. The monoisotopic (exact) mass is 412 g/mol. The molecule has 0 N–H and O–H groups in total. The van der Waals surface area contributed by atoms with Gasteiger partial charge in [0, 0.05) is 6.08 Å². The summed E-state index contributed by atoms with van der Waals surface area (Å²) >= 11 is 0. The number of para-hydroxylation sites is 1. The van der Waals surface area contributed by atoms with E-state index >= 15 is 0 Å². The Hall–Kier alpha value is -2.29. The highest BCUT2D eigenvalue weighted by Crippen LogP contribution is 2.35. The van der Waals surface area contributed by atoms with Crippen LogP contribution in [0, 0.1) is 0 Å². The van der Waals surface area contributed by atoms with E-state index in [1.54, 1.807) is 0 Å². The largest absolute Gasteiger partial charge is 0.541 e. The first-order valence-electron chi connectivity index (χ1n) is 9.86. The Morgan fingerprint density at radius 2 is 1.69 bits per heavy atom. The van der Waals surface area contributed by atoms with Crippen LogP contribution >= 0.6 is 0 Å². The predicted octanol–water partition coefficient (Wildman–Crippen LogP) is 3.02. The standard InChI is InChI=1S/C22H26NO5Si/c1-2-22(24)25-18-29-26-15-13-23(14-16-27-29,20-11-7-4-8-12-20)17-21(28-29)19-9-5-3-6-10-19/h2-12,21H,1,13-18H2/q+1. The van der Waals surface area contributed by atoms with Crippen LogP contribution in [0.1, 0.15) is 11.7 Å². The third-order valence-corrected chi connectivity index (χ3v) is 7.98. The molecule has 3 aliphatic rings. The molecule has 29 heavy (non-hydrogen) atoms. The van der Waals surface area contributed by atoms with Gasteiger partial charge < -0.3 is 18.0 Å². The summed E-state index contributed by atoms with van der Waals surface area (Å²) in [6, 6.07) is 20.6. The lowest BCUT2D eigenvalue weighted by molar-refractivity contribution is -0.139. The smallest absolute Gasteiger partial charge is 0.458 e. The van der Waals surface area contributed by atoms with Crippen molar-refractivity contribution in [1.82, 2.24) is 4.48 Å². The number of carbonyl (C=O) groups excluding carboxylic acids is 1. The van der Waals surface area contributed by atoms with Crippen LogP contribution in [0.3, 0.4) is 0 Å². The molecule has 152 valence electrons. The van der Waals surface area contributed by atoms with Gasteiger partial charge in [0.1, 0.15) is 31.4 Å².